The number of allylic oxidation sites excluding steroid dienone is 1. The van der Waals surface area contributed by atoms with Crippen LogP contribution in [0.1, 0.15) is 5.69 Å². The molecule has 0 amide bonds. The van der Waals surface area contributed by atoms with Crippen LogP contribution in [-0.2, 0) is 7.05 Å². The largest absolute Gasteiger partial charge is 0.268 e. The van der Waals surface area contributed by atoms with E-state index >= 15 is 0 Å². The highest BCUT2D eigenvalue weighted by Gasteiger charge is 1.94. The second-order valence-electron chi connectivity index (χ2n) is 2.47. The van der Waals surface area contributed by atoms with Gasteiger partial charge < -0.3 is 0 Å². The van der Waals surface area contributed by atoms with E-state index in [0.29, 0.717) is 0 Å². The van der Waals surface area contributed by atoms with E-state index < -0.39 is 0 Å². The Bertz CT molecular complexity index is 371. The molecule has 0 aromatic carbocycles. The van der Waals surface area contributed by atoms with Crippen LogP contribution in [0.4, 0.5) is 0 Å². The summed E-state index contributed by atoms with van der Waals surface area (Å²) in [6, 6.07) is 0. The first-order valence-electron chi connectivity index (χ1n) is 3.48. The fourth-order valence-corrected chi connectivity index (χ4v) is 1.06. The predicted molar refractivity (Wildman–Crippen MR) is 47.4 cm³/mol. The molecule has 0 saturated carbocycles. The molecule has 1 rings (SSSR count). The molecule has 1 heterocycles. The van der Waals surface area contributed by atoms with Crippen LogP contribution in [0.25, 0.3) is 12.7 Å². The average molecular weight is 148 g/mol. The van der Waals surface area contributed by atoms with Crippen molar-refractivity contribution in [2.24, 2.45) is 7.05 Å². The van der Waals surface area contributed by atoms with Gasteiger partial charge in [0, 0.05) is 12.3 Å². The van der Waals surface area contributed by atoms with Crippen molar-refractivity contribution in [1.29, 1.82) is 0 Å². The van der Waals surface area contributed by atoms with E-state index in [-0.39, 0.29) is 0 Å². The maximum atomic E-state index is 4.20. The lowest BCUT2D eigenvalue weighted by Gasteiger charge is -1.82. The Balaban J connectivity index is 3.59. The summed E-state index contributed by atoms with van der Waals surface area (Å²) in [5.41, 5.74) is 0.998. The van der Waals surface area contributed by atoms with Crippen LogP contribution in [0.15, 0.2) is 12.7 Å². The van der Waals surface area contributed by atoms with Gasteiger partial charge in [0.1, 0.15) is 0 Å². The highest BCUT2D eigenvalue weighted by molar-refractivity contribution is 5.36. The van der Waals surface area contributed by atoms with Gasteiger partial charge in [0.05, 0.1) is 11.0 Å². The maximum absolute atomic E-state index is 4.20. The Morgan fingerprint density at radius 3 is 2.55 bits per heavy atom. The summed E-state index contributed by atoms with van der Waals surface area (Å²) in [5, 5.41) is 6.21. The number of rotatable bonds is 1. The van der Waals surface area contributed by atoms with Gasteiger partial charge in [0.15, 0.2) is 0 Å². The Morgan fingerprint density at radius 2 is 2.18 bits per heavy atom. The van der Waals surface area contributed by atoms with Crippen molar-refractivity contribution in [3.8, 4) is 0 Å². The zero-order valence-electron chi connectivity index (χ0n) is 6.96. The fourth-order valence-electron chi connectivity index (χ4n) is 1.06. The summed E-state index contributed by atoms with van der Waals surface area (Å²) < 4.78 is 1.77. The molecule has 0 unspecified atom stereocenters. The second kappa shape index (κ2) is 2.74. The second-order valence-corrected chi connectivity index (χ2v) is 2.47. The van der Waals surface area contributed by atoms with Gasteiger partial charge in [-0.2, -0.15) is 5.10 Å². The number of aromatic nitrogens is 2. The Labute approximate surface area is 66.2 Å². The quantitative estimate of drug-likeness (QED) is 0.552. The minimum Gasteiger partial charge on any atom is -0.268 e. The number of aryl methyl sites for hydroxylation is 2. The van der Waals surface area contributed by atoms with E-state index in [1.54, 1.807) is 10.8 Å². The first-order chi connectivity index (χ1) is 5.16. The predicted octanol–water partition coefficient (Wildman–Crippen LogP) is 0.105. The first kappa shape index (κ1) is 7.79. The molecule has 0 aliphatic rings. The highest BCUT2D eigenvalue weighted by atomic mass is 15.3. The van der Waals surface area contributed by atoms with Gasteiger partial charge in [-0.15, -0.1) is 0 Å². The van der Waals surface area contributed by atoms with Crippen molar-refractivity contribution in [3.63, 3.8) is 0 Å². The molecule has 0 fully saturated rings. The van der Waals surface area contributed by atoms with Gasteiger partial charge in [-0.1, -0.05) is 25.3 Å². The molecule has 0 saturated heterocycles. The Morgan fingerprint density at radius 1 is 1.55 bits per heavy atom. The summed E-state index contributed by atoms with van der Waals surface area (Å²) in [6.45, 7) is 9.47. The molecule has 11 heavy (non-hydrogen) atoms. The van der Waals surface area contributed by atoms with E-state index in [2.05, 4.69) is 18.3 Å². The van der Waals surface area contributed by atoms with E-state index in [9.17, 15) is 0 Å². The summed E-state index contributed by atoms with van der Waals surface area (Å²) in [5.74, 6) is 0. The molecule has 2 heteroatoms. The number of hydrogen-bond acceptors (Lipinski definition) is 1. The lowest BCUT2D eigenvalue weighted by atomic mass is 10.3. The zero-order chi connectivity index (χ0) is 8.43. The molecule has 0 atom stereocenters. The summed E-state index contributed by atoms with van der Waals surface area (Å²) in [7, 11) is 1.88. The summed E-state index contributed by atoms with van der Waals surface area (Å²) in [6.07, 6.45) is 3.67. The topological polar surface area (TPSA) is 17.8 Å². The lowest BCUT2D eigenvalue weighted by molar-refractivity contribution is 0.735. The first-order valence-corrected chi connectivity index (χ1v) is 3.48. The smallest absolute Gasteiger partial charge is 0.0672 e. The van der Waals surface area contributed by atoms with E-state index in [1.807, 2.05) is 20.0 Å². The molecule has 0 aliphatic carbocycles. The highest BCUT2D eigenvalue weighted by Crippen LogP contribution is 1.76. The third-order valence-corrected chi connectivity index (χ3v) is 1.68. The Kier molecular flexibility index (Phi) is 1.94. The van der Waals surface area contributed by atoms with Crippen LogP contribution in [-0.4, -0.2) is 9.78 Å². The summed E-state index contributed by atoms with van der Waals surface area (Å²) in [4.78, 5) is 0. The van der Waals surface area contributed by atoms with Gasteiger partial charge in [-0.05, 0) is 6.92 Å². The van der Waals surface area contributed by atoms with Crippen LogP contribution >= 0.6 is 0 Å². The van der Waals surface area contributed by atoms with Crippen molar-refractivity contribution in [2.45, 2.75) is 6.92 Å². The molecule has 0 N–H and O–H groups in total. The molecule has 1 aromatic heterocycles. The molecule has 0 spiro atoms. The van der Waals surface area contributed by atoms with Crippen LogP contribution < -0.4 is 10.6 Å². The third-order valence-electron chi connectivity index (χ3n) is 1.68. The lowest BCUT2D eigenvalue weighted by Crippen LogP contribution is -2.26. The fraction of sp³-hybridized carbons (Fsp3) is 0.222. The van der Waals surface area contributed by atoms with Gasteiger partial charge in [-0.25, -0.2) is 0 Å². The Hall–Kier alpha value is -1.31. The van der Waals surface area contributed by atoms with Gasteiger partial charge in [0.2, 0.25) is 0 Å². The normalized spacial score (nSPS) is 12.0. The molecule has 0 bridgehead atoms. The van der Waals surface area contributed by atoms with Crippen LogP contribution in [0.5, 0.6) is 0 Å². The molecular weight excluding hydrogens is 136 g/mol. The van der Waals surface area contributed by atoms with Crippen molar-refractivity contribution in [3.05, 3.63) is 28.9 Å². The maximum Gasteiger partial charge on any atom is 0.0672 e. The molecule has 58 valence electrons. The monoisotopic (exact) mass is 148 g/mol. The van der Waals surface area contributed by atoms with Crippen molar-refractivity contribution >= 4 is 12.7 Å². The number of nitrogens with zero attached hydrogens (tertiary/aromatic N) is 2. The average Bonchev–Trinajstić information content (AvgIpc) is 2.17. The molecular formula is C9H12N2. The standard InChI is InChI=1S/C9H12N2/c1-5-6-9-7(2)10-11(4)8(9)3/h5-6H,1,3H2,2,4H3/b9-6-. The minimum atomic E-state index is 0.933. The SMILES string of the molecule is C=C/C=c1/c(C)nn(C)c1=C. The van der Waals surface area contributed by atoms with E-state index in [4.69, 9.17) is 0 Å². The van der Waals surface area contributed by atoms with Crippen LogP contribution in [0.2, 0.25) is 0 Å². The van der Waals surface area contributed by atoms with Crippen LogP contribution in [0, 0.1) is 6.92 Å². The van der Waals surface area contributed by atoms with E-state index in [0.717, 1.165) is 16.3 Å². The van der Waals surface area contributed by atoms with Gasteiger partial charge >= 0.3 is 0 Å². The van der Waals surface area contributed by atoms with Crippen molar-refractivity contribution < 1.29 is 0 Å². The van der Waals surface area contributed by atoms with Gasteiger partial charge in [0.25, 0.3) is 0 Å². The molecule has 0 radical (unpaired) electrons. The zero-order valence-corrected chi connectivity index (χ0v) is 6.96. The molecule has 2 nitrogen and oxygen atoms in total. The van der Waals surface area contributed by atoms with Gasteiger partial charge in [-0.3, -0.25) is 4.68 Å². The van der Waals surface area contributed by atoms with Crippen LogP contribution in [0.3, 0.4) is 0 Å². The molecule has 1 aromatic rings. The van der Waals surface area contributed by atoms with Crippen molar-refractivity contribution in [1.82, 2.24) is 9.78 Å². The minimum absolute atomic E-state index is 0.933. The summed E-state index contributed by atoms with van der Waals surface area (Å²) >= 11 is 0. The third kappa shape index (κ3) is 1.24. The van der Waals surface area contributed by atoms with Crippen molar-refractivity contribution in [2.75, 3.05) is 0 Å². The number of hydrogen-bond donors (Lipinski definition) is 0. The molecule has 0 aliphatic heterocycles. The van der Waals surface area contributed by atoms with E-state index in [1.165, 1.54) is 0 Å².